The van der Waals surface area contributed by atoms with E-state index in [9.17, 15) is 18.0 Å². The molecule has 0 unspecified atom stereocenters. The number of ether oxygens (including phenoxy) is 1. The van der Waals surface area contributed by atoms with Gasteiger partial charge in [-0.05, 0) is 55.3 Å². The molecule has 8 nitrogen and oxygen atoms in total. The lowest BCUT2D eigenvalue weighted by atomic mass is 10.1. The summed E-state index contributed by atoms with van der Waals surface area (Å²) >= 11 is 6.27. The van der Waals surface area contributed by atoms with Crippen molar-refractivity contribution in [3.05, 3.63) is 88.9 Å². The molecule has 1 fully saturated rings. The number of carbonyl (C=O) groups excluding carboxylic acids is 2. The first-order chi connectivity index (χ1) is 16.8. The van der Waals surface area contributed by atoms with E-state index in [1.807, 2.05) is 0 Å². The maximum absolute atomic E-state index is 12.9. The highest BCUT2D eigenvalue weighted by Crippen LogP contribution is 2.26. The average Bonchev–Trinajstić information content (AvgIpc) is 3.38. The molecule has 0 spiro atoms. The van der Waals surface area contributed by atoms with Crippen LogP contribution in [0.4, 0.5) is 11.4 Å². The summed E-state index contributed by atoms with van der Waals surface area (Å²) in [7, 11) is -3.83. The minimum atomic E-state index is -3.83. The lowest BCUT2D eigenvalue weighted by molar-refractivity contribution is 0.0858. The third-order valence-corrected chi connectivity index (χ3v) is 7.16. The van der Waals surface area contributed by atoms with E-state index in [4.69, 9.17) is 16.3 Å². The van der Waals surface area contributed by atoms with Gasteiger partial charge in [-0.1, -0.05) is 41.9 Å². The highest BCUT2D eigenvalue weighted by Gasteiger charge is 2.20. The summed E-state index contributed by atoms with van der Waals surface area (Å²) in [5.41, 5.74) is 0.998. The van der Waals surface area contributed by atoms with E-state index in [0.29, 0.717) is 24.4 Å². The molecular formula is C25H24ClN3O5S. The van der Waals surface area contributed by atoms with Crippen molar-refractivity contribution in [3.8, 4) is 0 Å². The number of sulfonamides is 1. The molecule has 10 heteroatoms. The molecule has 1 aliphatic heterocycles. The zero-order valence-corrected chi connectivity index (χ0v) is 20.2. The molecular weight excluding hydrogens is 490 g/mol. The summed E-state index contributed by atoms with van der Waals surface area (Å²) in [4.78, 5) is 25.6. The van der Waals surface area contributed by atoms with Crippen molar-refractivity contribution >= 4 is 44.8 Å². The van der Waals surface area contributed by atoms with Crippen molar-refractivity contribution in [2.45, 2.75) is 23.8 Å². The molecule has 3 aromatic rings. The number of benzene rings is 3. The molecule has 0 aliphatic carbocycles. The molecule has 2 amide bonds. The van der Waals surface area contributed by atoms with Crippen LogP contribution >= 0.6 is 11.6 Å². The first-order valence-electron chi connectivity index (χ1n) is 11.0. The largest absolute Gasteiger partial charge is 0.376 e. The third kappa shape index (κ3) is 6.19. The number of carbonyl (C=O) groups is 2. The van der Waals surface area contributed by atoms with E-state index in [2.05, 4.69) is 15.4 Å². The Morgan fingerprint density at radius 2 is 1.69 bits per heavy atom. The second kappa shape index (κ2) is 10.9. The highest BCUT2D eigenvalue weighted by atomic mass is 35.5. The van der Waals surface area contributed by atoms with Crippen molar-refractivity contribution in [3.63, 3.8) is 0 Å². The van der Waals surface area contributed by atoms with E-state index in [1.165, 1.54) is 30.3 Å². The molecule has 35 heavy (non-hydrogen) atoms. The predicted molar refractivity (Wildman–Crippen MR) is 134 cm³/mol. The van der Waals surface area contributed by atoms with Gasteiger partial charge in [0.15, 0.2) is 0 Å². The lowest BCUT2D eigenvalue weighted by Gasteiger charge is -2.14. The quantitative estimate of drug-likeness (QED) is 0.415. The fraction of sp³-hybridized carbons (Fsp3) is 0.200. The van der Waals surface area contributed by atoms with Crippen molar-refractivity contribution in [2.24, 2.45) is 0 Å². The van der Waals surface area contributed by atoms with Crippen LogP contribution in [0.1, 0.15) is 33.6 Å². The van der Waals surface area contributed by atoms with Crippen molar-refractivity contribution in [1.82, 2.24) is 5.32 Å². The Bertz CT molecular complexity index is 1330. The molecule has 1 saturated heterocycles. The topological polar surface area (TPSA) is 114 Å². The van der Waals surface area contributed by atoms with Gasteiger partial charge in [-0.25, -0.2) is 8.42 Å². The van der Waals surface area contributed by atoms with E-state index in [1.54, 1.807) is 42.5 Å². The summed E-state index contributed by atoms with van der Waals surface area (Å²) in [6, 6.07) is 18.8. The van der Waals surface area contributed by atoms with E-state index < -0.39 is 15.9 Å². The Hall–Kier alpha value is -3.40. The molecule has 3 aromatic carbocycles. The monoisotopic (exact) mass is 513 g/mol. The normalized spacial score (nSPS) is 15.4. The molecule has 1 aliphatic rings. The Balaban J connectivity index is 1.45. The lowest BCUT2D eigenvalue weighted by Crippen LogP contribution is -2.32. The van der Waals surface area contributed by atoms with Crippen molar-refractivity contribution in [2.75, 3.05) is 23.2 Å². The summed E-state index contributed by atoms with van der Waals surface area (Å²) in [5.74, 6) is -0.816. The Morgan fingerprint density at radius 1 is 0.943 bits per heavy atom. The van der Waals surface area contributed by atoms with Crippen molar-refractivity contribution in [1.29, 1.82) is 0 Å². The van der Waals surface area contributed by atoms with Crippen LogP contribution < -0.4 is 15.4 Å². The maximum Gasteiger partial charge on any atom is 0.261 e. The van der Waals surface area contributed by atoms with Crippen LogP contribution in [-0.4, -0.2) is 39.5 Å². The van der Waals surface area contributed by atoms with Gasteiger partial charge < -0.3 is 15.4 Å². The molecule has 1 heterocycles. The number of nitrogens with one attached hydrogen (secondary N) is 3. The van der Waals surface area contributed by atoms with Crippen LogP contribution in [0.3, 0.4) is 0 Å². The van der Waals surface area contributed by atoms with E-state index in [-0.39, 0.29) is 33.2 Å². The first kappa shape index (κ1) is 24.7. The number of hydrogen-bond donors (Lipinski definition) is 3. The highest BCUT2D eigenvalue weighted by molar-refractivity contribution is 7.92. The van der Waals surface area contributed by atoms with Crippen LogP contribution in [0.2, 0.25) is 5.02 Å². The third-order valence-electron chi connectivity index (χ3n) is 5.46. The number of hydrogen-bond acceptors (Lipinski definition) is 5. The van der Waals surface area contributed by atoms with Gasteiger partial charge in [-0.2, -0.15) is 0 Å². The second-order valence-electron chi connectivity index (χ2n) is 7.96. The molecule has 0 bridgehead atoms. The molecule has 4 rings (SSSR count). The second-order valence-corrected chi connectivity index (χ2v) is 10.0. The average molecular weight is 514 g/mol. The Labute approximate surface area is 208 Å². The van der Waals surface area contributed by atoms with E-state index >= 15 is 0 Å². The summed E-state index contributed by atoms with van der Waals surface area (Å²) in [6.07, 6.45) is 1.87. The zero-order valence-electron chi connectivity index (χ0n) is 18.7. The number of halogens is 1. The summed E-state index contributed by atoms with van der Waals surface area (Å²) in [5, 5.41) is 5.63. The standard InChI is InChI=1S/C25H24ClN3O5S/c26-21-15-17(12-13-23(21)29-35(32,33)19-8-2-1-3-9-19)24(30)28-22-11-5-4-10-20(22)25(31)27-16-18-7-6-14-34-18/h1-5,8-13,15,18,29H,6-7,14,16H2,(H,27,31)(H,28,30)/t18-/m1/s1. The molecule has 1 atom stereocenters. The summed E-state index contributed by atoms with van der Waals surface area (Å²) < 4.78 is 33.1. The fourth-order valence-corrected chi connectivity index (χ4v) is 5.02. The first-order valence-corrected chi connectivity index (χ1v) is 12.9. The van der Waals surface area contributed by atoms with Gasteiger partial charge in [0.1, 0.15) is 0 Å². The fourth-order valence-electron chi connectivity index (χ4n) is 3.63. The SMILES string of the molecule is O=C(Nc1ccccc1C(=O)NC[C@H]1CCCO1)c1ccc(NS(=O)(=O)c2ccccc2)c(Cl)c1. The minimum absolute atomic E-state index is 0.000624. The number of amides is 2. The Morgan fingerprint density at radius 3 is 2.40 bits per heavy atom. The van der Waals surface area contributed by atoms with Crippen LogP contribution in [0.5, 0.6) is 0 Å². The zero-order chi connectivity index (χ0) is 24.8. The molecule has 0 saturated carbocycles. The van der Waals surface area contributed by atoms with Gasteiger partial charge in [0.05, 0.1) is 33.0 Å². The van der Waals surface area contributed by atoms with Crippen LogP contribution in [0, 0.1) is 0 Å². The van der Waals surface area contributed by atoms with Gasteiger partial charge in [-0.15, -0.1) is 0 Å². The van der Waals surface area contributed by atoms with Crippen molar-refractivity contribution < 1.29 is 22.7 Å². The van der Waals surface area contributed by atoms with Gasteiger partial charge >= 0.3 is 0 Å². The smallest absolute Gasteiger partial charge is 0.261 e. The van der Waals surface area contributed by atoms with Crippen LogP contribution in [0.25, 0.3) is 0 Å². The minimum Gasteiger partial charge on any atom is -0.376 e. The Kier molecular flexibility index (Phi) is 7.70. The number of rotatable bonds is 8. The van der Waals surface area contributed by atoms with Crippen LogP contribution in [-0.2, 0) is 14.8 Å². The molecule has 3 N–H and O–H groups in total. The number of para-hydroxylation sites is 1. The van der Waals surface area contributed by atoms with Crippen LogP contribution in [0.15, 0.2) is 77.7 Å². The predicted octanol–water partition coefficient (Wildman–Crippen LogP) is 4.30. The molecule has 0 aromatic heterocycles. The number of anilines is 2. The summed E-state index contributed by atoms with van der Waals surface area (Å²) in [6.45, 7) is 1.10. The molecule has 0 radical (unpaired) electrons. The van der Waals surface area contributed by atoms with Gasteiger partial charge in [0.25, 0.3) is 21.8 Å². The van der Waals surface area contributed by atoms with Gasteiger partial charge in [0, 0.05) is 18.7 Å². The van der Waals surface area contributed by atoms with Gasteiger partial charge in [0.2, 0.25) is 0 Å². The van der Waals surface area contributed by atoms with E-state index in [0.717, 1.165) is 12.8 Å². The van der Waals surface area contributed by atoms with Gasteiger partial charge in [-0.3, -0.25) is 14.3 Å². The maximum atomic E-state index is 12.9. The molecule has 182 valence electrons.